The maximum absolute atomic E-state index is 6.17. The van der Waals surface area contributed by atoms with Crippen molar-refractivity contribution in [1.82, 2.24) is 9.55 Å². The predicted molar refractivity (Wildman–Crippen MR) is 83.3 cm³/mol. The molecule has 0 atom stereocenters. The lowest BCUT2D eigenvalue weighted by Crippen LogP contribution is -2.22. The highest BCUT2D eigenvalue weighted by Gasteiger charge is 2.17. The number of nitrogen functional groups attached to an aromatic ring is 1. The predicted octanol–water partition coefficient (Wildman–Crippen LogP) is 4.51. The second kappa shape index (κ2) is 7.56. The van der Waals surface area contributed by atoms with Crippen molar-refractivity contribution in [3.05, 3.63) is 12.0 Å². The van der Waals surface area contributed by atoms with Gasteiger partial charge in [0.1, 0.15) is 5.82 Å². The van der Waals surface area contributed by atoms with Gasteiger partial charge in [0.15, 0.2) is 0 Å². The molecule has 0 aliphatic heterocycles. The molecule has 1 heterocycles. The van der Waals surface area contributed by atoms with Crippen molar-refractivity contribution in [2.45, 2.75) is 84.6 Å². The number of rotatable bonds is 8. The lowest BCUT2D eigenvalue weighted by molar-refractivity contribution is 0.402. The summed E-state index contributed by atoms with van der Waals surface area (Å²) in [5.41, 5.74) is 7.27. The van der Waals surface area contributed by atoms with Crippen molar-refractivity contribution in [3.63, 3.8) is 0 Å². The van der Waals surface area contributed by atoms with Crippen LogP contribution in [0.3, 0.4) is 0 Å². The van der Waals surface area contributed by atoms with Crippen LogP contribution in [0.5, 0.6) is 0 Å². The molecule has 1 aromatic heterocycles. The van der Waals surface area contributed by atoms with Crippen LogP contribution in [0.1, 0.15) is 78.3 Å². The zero-order valence-electron chi connectivity index (χ0n) is 13.2. The minimum Gasteiger partial charge on any atom is -0.384 e. The molecule has 0 aliphatic carbocycles. The van der Waals surface area contributed by atoms with Crippen LogP contribution < -0.4 is 5.73 Å². The molecule has 0 amide bonds. The van der Waals surface area contributed by atoms with Crippen molar-refractivity contribution < 1.29 is 0 Å². The number of aryl methyl sites for hydroxylation is 1. The van der Waals surface area contributed by atoms with Crippen LogP contribution in [-0.2, 0) is 12.0 Å². The Morgan fingerprint density at radius 2 is 1.63 bits per heavy atom. The third-order valence-corrected chi connectivity index (χ3v) is 3.62. The Morgan fingerprint density at radius 1 is 1.05 bits per heavy atom. The minimum atomic E-state index is 0.0233. The van der Waals surface area contributed by atoms with Crippen LogP contribution in [0.2, 0.25) is 0 Å². The number of anilines is 1. The SMILES string of the molecule is CCCCCCCCCc1ncn(C(C)(C)C)c1N. The molecule has 110 valence electrons. The zero-order chi connectivity index (χ0) is 14.3. The van der Waals surface area contributed by atoms with E-state index in [1.54, 1.807) is 0 Å². The molecule has 1 aromatic rings. The van der Waals surface area contributed by atoms with E-state index in [4.69, 9.17) is 5.73 Å². The Labute approximate surface area is 118 Å². The molecule has 0 bridgehead atoms. The van der Waals surface area contributed by atoms with Gasteiger partial charge in [0.25, 0.3) is 0 Å². The summed E-state index contributed by atoms with van der Waals surface area (Å²) >= 11 is 0. The van der Waals surface area contributed by atoms with Gasteiger partial charge >= 0.3 is 0 Å². The highest BCUT2D eigenvalue weighted by Crippen LogP contribution is 2.22. The zero-order valence-corrected chi connectivity index (χ0v) is 13.2. The molecule has 0 aromatic carbocycles. The van der Waals surface area contributed by atoms with Crippen LogP contribution in [-0.4, -0.2) is 9.55 Å². The van der Waals surface area contributed by atoms with E-state index in [9.17, 15) is 0 Å². The molecule has 0 radical (unpaired) electrons. The van der Waals surface area contributed by atoms with Gasteiger partial charge in [-0.25, -0.2) is 4.98 Å². The van der Waals surface area contributed by atoms with Gasteiger partial charge in [-0.05, 0) is 33.6 Å². The number of hydrogen-bond acceptors (Lipinski definition) is 2. The van der Waals surface area contributed by atoms with Crippen molar-refractivity contribution in [1.29, 1.82) is 0 Å². The number of nitrogens with zero attached hydrogens (tertiary/aromatic N) is 2. The maximum Gasteiger partial charge on any atom is 0.127 e. The van der Waals surface area contributed by atoms with Gasteiger partial charge in [-0.3, -0.25) is 0 Å². The molecule has 0 spiro atoms. The summed E-state index contributed by atoms with van der Waals surface area (Å²) in [7, 11) is 0. The molecule has 0 saturated carbocycles. The van der Waals surface area contributed by atoms with Gasteiger partial charge in [0.2, 0.25) is 0 Å². The fourth-order valence-electron chi connectivity index (χ4n) is 2.37. The molecule has 3 heteroatoms. The fourth-order valence-corrected chi connectivity index (χ4v) is 2.37. The molecule has 0 unspecified atom stereocenters. The van der Waals surface area contributed by atoms with E-state index in [1.165, 1.54) is 44.9 Å². The Kier molecular flexibility index (Phi) is 6.40. The van der Waals surface area contributed by atoms with Crippen molar-refractivity contribution in [3.8, 4) is 0 Å². The molecule has 19 heavy (non-hydrogen) atoms. The van der Waals surface area contributed by atoms with Crippen molar-refractivity contribution in [2.24, 2.45) is 0 Å². The molecule has 3 nitrogen and oxygen atoms in total. The first-order valence-electron chi connectivity index (χ1n) is 7.79. The first-order valence-corrected chi connectivity index (χ1v) is 7.79. The first-order chi connectivity index (χ1) is 8.96. The Morgan fingerprint density at radius 3 is 2.16 bits per heavy atom. The summed E-state index contributed by atoms with van der Waals surface area (Å²) in [6.07, 6.45) is 12.2. The standard InChI is InChI=1S/C16H31N3/c1-5-6-7-8-9-10-11-12-14-15(17)19(13-18-14)16(2,3)4/h13H,5-12,17H2,1-4H3. The summed E-state index contributed by atoms with van der Waals surface area (Å²) < 4.78 is 2.07. The van der Waals surface area contributed by atoms with E-state index >= 15 is 0 Å². The van der Waals surface area contributed by atoms with E-state index in [2.05, 4.69) is 37.2 Å². The van der Waals surface area contributed by atoms with E-state index in [1.807, 2.05) is 6.33 Å². The van der Waals surface area contributed by atoms with Crippen LogP contribution >= 0.6 is 0 Å². The number of unbranched alkanes of at least 4 members (excludes halogenated alkanes) is 6. The van der Waals surface area contributed by atoms with Gasteiger partial charge in [-0.2, -0.15) is 0 Å². The lowest BCUT2D eigenvalue weighted by atomic mass is 10.1. The summed E-state index contributed by atoms with van der Waals surface area (Å²) in [6, 6.07) is 0. The number of nitrogens with two attached hydrogens (primary N) is 1. The van der Waals surface area contributed by atoms with E-state index < -0.39 is 0 Å². The van der Waals surface area contributed by atoms with E-state index in [0.717, 1.165) is 17.9 Å². The van der Waals surface area contributed by atoms with Crippen LogP contribution in [0, 0.1) is 0 Å². The van der Waals surface area contributed by atoms with Crippen LogP contribution in [0.25, 0.3) is 0 Å². The van der Waals surface area contributed by atoms with Gasteiger partial charge in [0, 0.05) is 5.54 Å². The van der Waals surface area contributed by atoms with Gasteiger partial charge in [0.05, 0.1) is 12.0 Å². The monoisotopic (exact) mass is 265 g/mol. The molecular weight excluding hydrogens is 234 g/mol. The topological polar surface area (TPSA) is 43.8 Å². The summed E-state index contributed by atoms with van der Waals surface area (Å²) in [5.74, 6) is 0.846. The molecule has 1 rings (SSSR count). The number of imidazole rings is 1. The molecule has 0 fully saturated rings. The molecule has 2 N–H and O–H groups in total. The van der Waals surface area contributed by atoms with Gasteiger partial charge < -0.3 is 10.3 Å². The third kappa shape index (κ3) is 5.25. The third-order valence-electron chi connectivity index (χ3n) is 3.62. The average molecular weight is 265 g/mol. The first kappa shape index (κ1) is 16.1. The lowest BCUT2D eigenvalue weighted by Gasteiger charge is -2.22. The summed E-state index contributed by atoms with van der Waals surface area (Å²) in [5, 5.41) is 0. The normalized spacial score (nSPS) is 12.0. The Balaban J connectivity index is 2.29. The second-order valence-electron chi connectivity index (χ2n) is 6.49. The Bertz CT molecular complexity index is 361. The Hall–Kier alpha value is -0.990. The summed E-state index contributed by atoms with van der Waals surface area (Å²) in [6.45, 7) is 8.72. The highest BCUT2D eigenvalue weighted by atomic mass is 15.2. The van der Waals surface area contributed by atoms with Crippen molar-refractivity contribution >= 4 is 5.82 Å². The summed E-state index contributed by atoms with van der Waals surface area (Å²) in [4.78, 5) is 4.47. The fraction of sp³-hybridized carbons (Fsp3) is 0.812. The highest BCUT2D eigenvalue weighted by molar-refractivity contribution is 5.37. The largest absolute Gasteiger partial charge is 0.384 e. The average Bonchev–Trinajstić information content (AvgIpc) is 2.69. The van der Waals surface area contributed by atoms with Gasteiger partial charge in [-0.1, -0.05) is 45.4 Å². The number of aromatic nitrogens is 2. The second-order valence-corrected chi connectivity index (χ2v) is 6.49. The minimum absolute atomic E-state index is 0.0233. The quantitative estimate of drug-likeness (QED) is 0.703. The smallest absolute Gasteiger partial charge is 0.127 e. The molecular formula is C16H31N3. The van der Waals surface area contributed by atoms with Gasteiger partial charge in [-0.15, -0.1) is 0 Å². The van der Waals surface area contributed by atoms with E-state index in [0.29, 0.717) is 0 Å². The number of hydrogen-bond donors (Lipinski definition) is 1. The van der Waals surface area contributed by atoms with Crippen molar-refractivity contribution in [2.75, 3.05) is 5.73 Å². The van der Waals surface area contributed by atoms with Crippen LogP contribution in [0.4, 0.5) is 5.82 Å². The molecule has 0 aliphatic rings. The molecule has 0 saturated heterocycles. The van der Waals surface area contributed by atoms with Crippen LogP contribution in [0.15, 0.2) is 6.33 Å². The van der Waals surface area contributed by atoms with E-state index in [-0.39, 0.29) is 5.54 Å². The maximum atomic E-state index is 6.17.